The predicted octanol–water partition coefficient (Wildman–Crippen LogP) is 2.95. The van der Waals surface area contributed by atoms with Gasteiger partial charge >= 0.3 is 5.97 Å². The van der Waals surface area contributed by atoms with Gasteiger partial charge in [0, 0.05) is 11.4 Å². The number of hydrogen-bond donors (Lipinski definition) is 2. The molecule has 0 heterocycles. The Morgan fingerprint density at radius 1 is 1.40 bits per heavy atom. The normalized spacial score (nSPS) is 13.6. The zero-order chi connectivity index (χ0) is 15.3. The Kier molecular flexibility index (Phi) is 5.57. The van der Waals surface area contributed by atoms with Gasteiger partial charge in [0.25, 0.3) is 0 Å². The molecular formula is C15H20ClNO3. The predicted molar refractivity (Wildman–Crippen MR) is 79.0 cm³/mol. The Balaban J connectivity index is 2.59. The molecule has 0 aliphatic rings. The van der Waals surface area contributed by atoms with Gasteiger partial charge in [-0.2, -0.15) is 0 Å². The second-order valence-corrected chi connectivity index (χ2v) is 5.53. The molecule has 0 radical (unpaired) electrons. The van der Waals surface area contributed by atoms with Crippen molar-refractivity contribution in [2.45, 2.75) is 45.6 Å². The smallest absolute Gasteiger partial charge is 0.329 e. The van der Waals surface area contributed by atoms with Crippen molar-refractivity contribution in [3.63, 3.8) is 0 Å². The molecule has 5 heteroatoms. The number of nitrogens with one attached hydrogen (secondary N) is 1. The van der Waals surface area contributed by atoms with Crippen LogP contribution in [-0.2, 0) is 16.0 Å². The summed E-state index contributed by atoms with van der Waals surface area (Å²) in [5, 5.41) is 12.3. The highest BCUT2D eigenvalue weighted by Crippen LogP contribution is 2.18. The molecule has 0 aromatic heterocycles. The summed E-state index contributed by atoms with van der Waals surface area (Å²) in [5.74, 6) is -1.29. The van der Waals surface area contributed by atoms with Gasteiger partial charge in [-0.25, -0.2) is 4.79 Å². The van der Waals surface area contributed by atoms with Gasteiger partial charge < -0.3 is 10.4 Å². The maximum Gasteiger partial charge on any atom is 0.329 e. The Morgan fingerprint density at radius 2 is 2.05 bits per heavy atom. The van der Waals surface area contributed by atoms with Crippen molar-refractivity contribution in [3.05, 3.63) is 34.3 Å². The summed E-state index contributed by atoms with van der Waals surface area (Å²) >= 11 is 6.02. The van der Waals surface area contributed by atoms with Crippen LogP contribution < -0.4 is 5.32 Å². The van der Waals surface area contributed by atoms with E-state index < -0.39 is 11.5 Å². The molecular weight excluding hydrogens is 278 g/mol. The maximum atomic E-state index is 11.8. The molecule has 0 saturated heterocycles. The van der Waals surface area contributed by atoms with E-state index >= 15 is 0 Å². The molecule has 1 unspecified atom stereocenters. The van der Waals surface area contributed by atoms with E-state index in [0.717, 1.165) is 11.1 Å². The van der Waals surface area contributed by atoms with Gasteiger partial charge in [0.1, 0.15) is 5.54 Å². The average molecular weight is 298 g/mol. The molecule has 1 aromatic carbocycles. The van der Waals surface area contributed by atoms with Crippen molar-refractivity contribution in [1.29, 1.82) is 0 Å². The lowest BCUT2D eigenvalue weighted by Crippen LogP contribution is -2.51. The Morgan fingerprint density at radius 3 is 2.55 bits per heavy atom. The Bertz CT molecular complexity index is 516. The third-order valence-electron chi connectivity index (χ3n) is 3.47. The van der Waals surface area contributed by atoms with Crippen molar-refractivity contribution >= 4 is 23.5 Å². The molecule has 1 amide bonds. The van der Waals surface area contributed by atoms with Crippen molar-refractivity contribution in [2.75, 3.05) is 0 Å². The fourth-order valence-corrected chi connectivity index (χ4v) is 1.92. The number of aliphatic carboxylic acids is 1. The van der Waals surface area contributed by atoms with E-state index in [1.165, 1.54) is 6.92 Å². The number of amides is 1. The van der Waals surface area contributed by atoms with Crippen LogP contribution in [0.4, 0.5) is 0 Å². The fourth-order valence-electron chi connectivity index (χ4n) is 1.71. The van der Waals surface area contributed by atoms with Gasteiger partial charge in [-0.15, -0.1) is 0 Å². The summed E-state index contributed by atoms with van der Waals surface area (Å²) < 4.78 is 0. The number of carbonyl (C=O) groups excluding carboxylic acids is 1. The van der Waals surface area contributed by atoms with Crippen LogP contribution >= 0.6 is 11.6 Å². The minimum atomic E-state index is -1.21. The molecule has 0 saturated carbocycles. The van der Waals surface area contributed by atoms with Crippen LogP contribution in [0.5, 0.6) is 0 Å². The van der Waals surface area contributed by atoms with E-state index in [-0.39, 0.29) is 12.3 Å². The van der Waals surface area contributed by atoms with Crippen LogP contribution in [0.3, 0.4) is 0 Å². The lowest BCUT2D eigenvalue weighted by molar-refractivity contribution is -0.147. The van der Waals surface area contributed by atoms with Crippen LogP contribution in [0, 0.1) is 6.92 Å². The van der Waals surface area contributed by atoms with Crippen LogP contribution in [-0.4, -0.2) is 22.5 Å². The lowest BCUT2D eigenvalue weighted by atomic mass is 9.98. The molecule has 0 bridgehead atoms. The molecule has 1 rings (SSSR count). The van der Waals surface area contributed by atoms with Crippen LogP contribution in [0.1, 0.15) is 37.8 Å². The van der Waals surface area contributed by atoms with Crippen molar-refractivity contribution < 1.29 is 14.7 Å². The van der Waals surface area contributed by atoms with Gasteiger partial charge in [-0.3, -0.25) is 4.79 Å². The van der Waals surface area contributed by atoms with E-state index in [0.29, 0.717) is 17.9 Å². The molecule has 1 aromatic rings. The van der Waals surface area contributed by atoms with Crippen molar-refractivity contribution in [3.8, 4) is 0 Å². The molecule has 2 N–H and O–H groups in total. The topological polar surface area (TPSA) is 66.4 Å². The van der Waals surface area contributed by atoms with Crippen molar-refractivity contribution in [2.24, 2.45) is 0 Å². The van der Waals surface area contributed by atoms with Gasteiger partial charge in [0.15, 0.2) is 0 Å². The lowest BCUT2D eigenvalue weighted by Gasteiger charge is -2.24. The maximum absolute atomic E-state index is 11.8. The van der Waals surface area contributed by atoms with Crippen molar-refractivity contribution in [1.82, 2.24) is 5.32 Å². The summed E-state index contributed by atoms with van der Waals surface area (Å²) in [5.41, 5.74) is 0.746. The number of hydrogen-bond acceptors (Lipinski definition) is 2. The molecule has 20 heavy (non-hydrogen) atoms. The zero-order valence-corrected chi connectivity index (χ0v) is 12.8. The van der Waals surface area contributed by atoms with E-state index in [9.17, 15) is 9.59 Å². The highest BCUT2D eigenvalue weighted by molar-refractivity contribution is 6.31. The molecule has 0 aliphatic heterocycles. The quantitative estimate of drug-likeness (QED) is 0.848. The number of aryl methyl sites for hydroxylation is 2. The number of benzene rings is 1. The molecule has 1 atom stereocenters. The highest BCUT2D eigenvalue weighted by atomic mass is 35.5. The number of carboxylic acid groups (broad SMARTS) is 1. The second kappa shape index (κ2) is 6.75. The van der Waals surface area contributed by atoms with Gasteiger partial charge in [0.05, 0.1) is 0 Å². The number of carbonyl (C=O) groups is 2. The van der Waals surface area contributed by atoms with Gasteiger partial charge in [-0.05, 0) is 43.9 Å². The molecule has 0 aliphatic carbocycles. The van der Waals surface area contributed by atoms with E-state index in [1.54, 1.807) is 6.92 Å². The monoisotopic (exact) mass is 297 g/mol. The molecule has 4 nitrogen and oxygen atoms in total. The number of halogens is 1. The van der Waals surface area contributed by atoms with Crippen LogP contribution in [0.15, 0.2) is 18.2 Å². The first kappa shape index (κ1) is 16.5. The second-order valence-electron chi connectivity index (χ2n) is 5.12. The summed E-state index contributed by atoms with van der Waals surface area (Å²) in [6.07, 6.45) is 1.11. The van der Waals surface area contributed by atoms with E-state index in [2.05, 4.69) is 5.32 Å². The summed E-state index contributed by atoms with van der Waals surface area (Å²) in [7, 11) is 0. The fraction of sp³-hybridized carbons (Fsp3) is 0.467. The first-order valence-electron chi connectivity index (χ1n) is 6.58. The Labute approximate surface area is 124 Å². The first-order valence-corrected chi connectivity index (χ1v) is 6.95. The first-order chi connectivity index (χ1) is 9.28. The third kappa shape index (κ3) is 4.23. The van der Waals surface area contributed by atoms with Gasteiger partial charge in [0.2, 0.25) is 5.91 Å². The zero-order valence-electron chi connectivity index (χ0n) is 12.0. The highest BCUT2D eigenvalue weighted by Gasteiger charge is 2.32. The standard InChI is InChI=1S/C15H20ClNO3/c1-4-15(3,14(19)20)17-13(18)8-7-11-6-5-10(2)12(16)9-11/h5-6,9H,4,7-8H2,1-3H3,(H,17,18)(H,19,20). The Hall–Kier alpha value is -1.55. The summed E-state index contributed by atoms with van der Waals surface area (Å²) in [6, 6.07) is 5.66. The SMILES string of the molecule is CCC(C)(NC(=O)CCc1ccc(C)c(Cl)c1)C(=O)O. The average Bonchev–Trinajstić information content (AvgIpc) is 2.39. The summed E-state index contributed by atoms with van der Waals surface area (Å²) in [6.45, 7) is 5.16. The number of carboxylic acids is 1. The van der Waals surface area contributed by atoms with Gasteiger partial charge in [-0.1, -0.05) is 30.7 Å². The number of rotatable bonds is 6. The summed E-state index contributed by atoms with van der Waals surface area (Å²) in [4.78, 5) is 23.0. The van der Waals surface area contributed by atoms with E-state index in [4.69, 9.17) is 16.7 Å². The molecule has 0 spiro atoms. The van der Waals surface area contributed by atoms with Crippen LogP contribution in [0.2, 0.25) is 5.02 Å². The molecule has 110 valence electrons. The third-order valence-corrected chi connectivity index (χ3v) is 3.88. The minimum Gasteiger partial charge on any atom is -0.480 e. The van der Waals surface area contributed by atoms with Crippen LogP contribution in [0.25, 0.3) is 0 Å². The largest absolute Gasteiger partial charge is 0.480 e. The minimum absolute atomic E-state index is 0.238. The van der Waals surface area contributed by atoms with E-state index in [1.807, 2.05) is 25.1 Å². The molecule has 0 fully saturated rings.